The Bertz CT molecular complexity index is 1350. The van der Waals surface area contributed by atoms with E-state index in [2.05, 4.69) is 10.2 Å². The van der Waals surface area contributed by atoms with Crippen LogP contribution < -0.4 is 11.1 Å². The minimum absolute atomic E-state index is 0.0722. The summed E-state index contributed by atoms with van der Waals surface area (Å²) in [4.78, 5) is 25.0. The van der Waals surface area contributed by atoms with Gasteiger partial charge in [0.2, 0.25) is 0 Å². The molecular weight excluding hydrogens is 420 g/mol. The fourth-order valence-corrected chi connectivity index (χ4v) is 4.33. The van der Waals surface area contributed by atoms with Crippen molar-refractivity contribution in [3.8, 4) is 0 Å². The van der Waals surface area contributed by atoms with E-state index in [1.54, 1.807) is 0 Å². The van der Waals surface area contributed by atoms with Crippen molar-refractivity contribution in [1.29, 1.82) is 0 Å². The number of esters is 1. The molecule has 2 fully saturated rings. The molecule has 3 aromatic heterocycles. The number of para-hydroxylation sites is 2. The lowest BCUT2D eigenvalue weighted by molar-refractivity contribution is 0.0398. The Morgan fingerprint density at radius 1 is 1.15 bits per heavy atom. The molecule has 2 aliphatic rings. The highest BCUT2D eigenvalue weighted by molar-refractivity contribution is 6.03. The third-order valence-electron chi connectivity index (χ3n) is 6.31. The second kappa shape index (κ2) is 8.26. The van der Waals surface area contributed by atoms with Crippen LogP contribution in [0.3, 0.4) is 0 Å². The number of hydrogen-bond acceptors (Lipinski definition) is 8. The number of carbonyl (C=O) groups excluding carboxylic acids is 1. The van der Waals surface area contributed by atoms with Gasteiger partial charge in [-0.3, -0.25) is 9.30 Å². The smallest absolute Gasteiger partial charge is 0.342 e. The summed E-state index contributed by atoms with van der Waals surface area (Å²) in [6.07, 6.45) is 0.487. The number of nitrogens with two attached hydrogens (primary N) is 1. The number of fused-ring (bicyclic) bond motifs is 5. The SMILES string of the molecule is NC1CC1OC(=O)c1cc2ccc(NCCN3CCOCC3)nc2n2c1nc1ccccc12. The first-order chi connectivity index (χ1) is 16.2. The number of hydrogen-bond donors (Lipinski definition) is 2. The minimum Gasteiger partial charge on any atom is -0.457 e. The standard InChI is InChI=1S/C24H26N6O3/c25-17-14-20(17)33-24(31)16-13-15-5-6-21(26-7-8-29-9-11-32-12-10-29)28-22(15)30-19-4-2-1-3-18(19)27-23(16)30/h1-6,13,17,20H,7-12,14,25H2,(H,26,28). The van der Waals surface area contributed by atoms with Crippen LogP contribution in [0.5, 0.6) is 0 Å². The van der Waals surface area contributed by atoms with E-state index in [-0.39, 0.29) is 12.1 Å². The molecule has 1 saturated carbocycles. The van der Waals surface area contributed by atoms with E-state index in [0.29, 0.717) is 17.6 Å². The van der Waals surface area contributed by atoms with Gasteiger partial charge in [0.05, 0.1) is 24.2 Å². The van der Waals surface area contributed by atoms with Gasteiger partial charge in [-0.25, -0.2) is 14.8 Å². The van der Waals surface area contributed by atoms with E-state index >= 15 is 0 Å². The van der Waals surface area contributed by atoms with Crippen LogP contribution in [0.4, 0.5) is 5.82 Å². The predicted molar refractivity (Wildman–Crippen MR) is 126 cm³/mol. The Morgan fingerprint density at radius 2 is 1.97 bits per heavy atom. The second-order valence-corrected chi connectivity index (χ2v) is 8.65. The Hall–Kier alpha value is -3.27. The number of nitrogens with zero attached hydrogens (tertiary/aromatic N) is 4. The average molecular weight is 447 g/mol. The zero-order chi connectivity index (χ0) is 22.4. The van der Waals surface area contributed by atoms with Gasteiger partial charge < -0.3 is 20.5 Å². The fraction of sp³-hybridized carbons (Fsp3) is 0.375. The molecule has 9 nitrogen and oxygen atoms in total. The van der Waals surface area contributed by atoms with Gasteiger partial charge in [0.25, 0.3) is 0 Å². The van der Waals surface area contributed by atoms with Crippen molar-refractivity contribution < 1.29 is 14.3 Å². The number of anilines is 1. The lowest BCUT2D eigenvalue weighted by atomic mass is 10.2. The Morgan fingerprint density at radius 3 is 2.79 bits per heavy atom. The number of ether oxygens (including phenoxy) is 2. The quantitative estimate of drug-likeness (QED) is 0.434. The third kappa shape index (κ3) is 3.88. The third-order valence-corrected chi connectivity index (χ3v) is 6.31. The monoisotopic (exact) mass is 446 g/mol. The zero-order valence-electron chi connectivity index (χ0n) is 18.2. The van der Waals surface area contributed by atoms with E-state index < -0.39 is 5.97 Å². The van der Waals surface area contributed by atoms with Gasteiger partial charge in [-0.05, 0) is 30.3 Å². The Kier molecular flexibility index (Phi) is 5.09. The molecule has 0 bridgehead atoms. The van der Waals surface area contributed by atoms with Crippen LogP contribution in [-0.2, 0) is 9.47 Å². The summed E-state index contributed by atoms with van der Waals surface area (Å²) in [5, 5.41) is 4.28. The number of morpholine rings is 1. The molecule has 1 aromatic carbocycles. The van der Waals surface area contributed by atoms with Crippen molar-refractivity contribution in [2.75, 3.05) is 44.7 Å². The number of nitrogens with one attached hydrogen (secondary N) is 1. The number of pyridine rings is 2. The molecule has 170 valence electrons. The highest BCUT2D eigenvalue weighted by Gasteiger charge is 2.38. The molecule has 1 aliphatic carbocycles. The van der Waals surface area contributed by atoms with Crippen molar-refractivity contribution in [3.05, 3.63) is 48.0 Å². The van der Waals surface area contributed by atoms with Crippen molar-refractivity contribution >= 4 is 39.5 Å². The van der Waals surface area contributed by atoms with Crippen molar-refractivity contribution in [2.24, 2.45) is 5.73 Å². The average Bonchev–Trinajstić information content (AvgIpc) is 3.38. The molecule has 33 heavy (non-hydrogen) atoms. The van der Waals surface area contributed by atoms with Crippen LogP contribution in [0.25, 0.3) is 27.7 Å². The number of carbonyl (C=O) groups is 1. The molecule has 0 spiro atoms. The summed E-state index contributed by atoms with van der Waals surface area (Å²) in [5.74, 6) is 0.386. The number of aromatic nitrogens is 3. The highest BCUT2D eigenvalue weighted by Crippen LogP contribution is 2.29. The van der Waals surface area contributed by atoms with Crippen molar-refractivity contribution in [3.63, 3.8) is 0 Å². The van der Waals surface area contributed by atoms with Crippen molar-refractivity contribution in [1.82, 2.24) is 19.3 Å². The van der Waals surface area contributed by atoms with E-state index in [9.17, 15) is 4.79 Å². The van der Waals surface area contributed by atoms with Crippen LogP contribution in [0.1, 0.15) is 16.8 Å². The first-order valence-corrected chi connectivity index (χ1v) is 11.4. The van der Waals surface area contributed by atoms with Gasteiger partial charge in [-0.15, -0.1) is 0 Å². The molecule has 1 aliphatic heterocycles. The molecule has 4 heterocycles. The van der Waals surface area contributed by atoms with E-state index in [1.165, 1.54) is 0 Å². The van der Waals surface area contributed by atoms with E-state index in [1.807, 2.05) is 46.9 Å². The van der Waals surface area contributed by atoms with Gasteiger partial charge in [0.1, 0.15) is 23.1 Å². The van der Waals surface area contributed by atoms with Gasteiger partial charge >= 0.3 is 5.97 Å². The van der Waals surface area contributed by atoms with Crippen LogP contribution in [0, 0.1) is 0 Å². The molecule has 0 radical (unpaired) electrons. The molecule has 1 saturated heterocycles. The molecular formula is C24H26N6O3. The largest absolute Gasteiger partial charge is 0.457 e. The molecule has 6 rings (SSSR count). The van der Waals surface area contributed by atoms with Gasteiger partial charge in [-0.2, -0.15) is 0 Å². The van der Waals surface area contributed by atoms with Gasteiger partial charge in [-0.1, -0.05) is 12.1 Å². The minimum atomic E-state index is -0.400. The molecule has 2 unspecified atom stereocenters. The van der Waals surface area contributed by atoms with Crippen LogP contribution in [0.15, 0.2) is 42.5 Å². The summed E-state index contributed by atoms with van der Waals surface area (Å²) in [6, 6.07) is 13.5. The van der Waals surface area contributed by atoms with Gasteiger partial charge in [0, 0.05) is 44.0 Å². The lowest BCUT2D eigenvalue weighted by Crippen LogP contribution is -2.39. The first kappa shape index (κ1) is 20.3. The second-order valence-electron chi connectivity index (χ2n) is 8.65. The van der Waals surface area contributed by atoms with E-state index in [0.717, 1.165) is 67.3 Å². The van der Waals surface area contributed by atoms with Crippen LogP contribution in [0.2, 0.25) is 0 Å². The summed E-state index contributed by atoms with van der Waals surface area (Å²) >= 11 is 0. The lowest BCUT2D eigenvalue weighted by Gasteiger charge is -2.26. The molecule has 9 heteroatoms. The summed E-state index contributed by atoms with van der Waals surface area (Å²) in [7, 11) is 0. The topological polar surface area (TPSA) is 107 Å². The van der Waals surface area contributed by atoms with E-state index in [4.69, 9.17) is 25.2 Å². The van der Waals surface area contributed by atoms with Gasteiger partial charge in [0.15, 0.2) is 5.65 Å². The Balaban J connectivity index is 1.37. The number of imidazole rings is 1. The first-order valence-electron chi connectivity index (χ1n) is 11.4. The summed E-state index contributed by atoms with van der Waals surface area (Å²) < 4.78 is 12.9. The Labute approximate surface area is 190 Å². The molecule has 4 aromatic rings. The number of benzene rings is 1. The molecule has 0 amide bonds. The predicted octanol–water partition coefficient (Wildman–Crippen LogP) is 2.04. The molecule has 3 N–H and O–H groups in total. The van der Waals surface area contributed by atoms with Crippen LogP contribution in [-0.4, -0.2) is 76.8 Å². The normalized spacial score (nSPS) is 21.0. The fourth-order valence-electron chi connectivity index (χ4n) is 4.33. The zero-order valence-corrected chi connectivity index (χ0v) is 18.2. The van der Waals surface area contributed by atoms with Crippen LogP contribution >= 0.6 is 0 Å². The maximum absolute atomic E-state index is 13.0. The maximum Gasteiger partial charge on any atom is 0.342 e. The maximum atomic E-state index is 13.0. The summed E-state index contributed by atoms with van der Waals surface area (Å²) in [6.45, 7) is 5.21. The highest BCUT2D eigenvalue weighted by atomic mass is 16.5. The number of rotatable bonds is 6. The van der Waals surface area contributed by atoms with Crippen molar-refractivity contribution in [2.45, 2.75) is 18.6 Å². The summed E-state index contributed by atoms with van der Waals surface area (Å²) in [5.41, 5.74) is 9.25. The molecule has 2 atom stereocenters.